The molecule has 5 rings (SSSR count). The van der Waals surface area contributed by atoms with Gasteiger partial charge in [0.2, 0.25) is 0 Å². The predicted octanol–water partition coefficient (Wildman–Crippen LogP) is 4.29. The van der Waals surface area contributed by atoms with Crippen molar-refractivity contribution in [2.75, 3.05) is 33.4 Å². The zero-order valence-electron chi connectivity index (χ0n) is 20.6. The number of likely N-dealkylation sites (N-methyl/N-ethyl adjacent to an activating group) is 1. The lowest BCUT2D eigenvalue weighted by Gasteiger charge is -2.22. The molecule has 3 heterocycles. The molecule has 0 amide bonds. The van der Waals surface area contributed by atoms with E-state index in [9.17, 15) is 5.11 Å². The summed E-state index contributed by atoms with van der Waals surface area (Å²) in [5.74, 6) is 1.89. The van der Waals surface area contributed by atoms with Crippen LogP contribution in [0, 0.1) is 5.92 Å². The molecule has 0 aliphatic carbocycles. The van der Waals surface area contributed by atoms with E-state index in [0.29, 0.717) is 24.0 Å². The molecule has 0 saturated carbocycles. The maximum Gasteiger partial charge on any atom is 0.160 e. The van der Waals surface area contributed by atoms with Crippen LogP contribution in [-0.2, 0) is 11.2 Å². The van der Waals surface area contributed by atoms with Gasteiger partial charge in [-0.05, 0) is 62.6 Å². The highest BCUT2D eigenvalue weighted by Gasteiger charge is 2.18. The third-order valence-corrected chi connectivity index (χ3v) is 6.51. The molecule has 0 bridgehead atoms. The predicted molar refractivity (Wildman–Crippen MR) is 141 cm³/mol. The van der Waals surface area contributed by atoms with Crippen molar-refractivity contribution in [2.45, 2.75) is 25.4 Å². The van der Waals surface area contributed by atoms with E-state index in [0.717, 1.165) is 65.9 Å². The SMILES string of the molecule is CNCC(O)COc1cccc(-c2nc(CC3CCOCC3)cc(-c3cccc4ncccc34)n2)c1. The first-order valence-electron chi connectivity index (χ1n) is 12.6. The van der Waals surface area contributed by atoms with E-state index in [1.807, 2.05) is 48.7 Å². The number of ether oxygens (including phenoxy) is 2. The molecular weight excluding hydrogens is 452 g/mol. The molecule has 7 heteroatoms. The second-order valence-corrected chi connectivity index (χ2v) is 9.25. The van der Waals surface area contributed by atoms with Gasteiger partial charge in [-0.2, -0.15) is 0 Å². The summed E-state index contributed by atoms with van der Waals surface area (Å²) >= 11 is 0. The van der Waals surface area contributed by atoms with Gasteiger partial charge < -0.3 is 19.9 Å². The van der Waals surface area contributed by atoms with E-state index in [-0.39, 0.29) is 6.61 Å². The molecule has 1 aliphatic rings. The van der Waals surface area contributed by atoms with Crippen molar-refractivity contribution >= 4 is 10.9 Å². The lowest BCUT2D eigenvalue weighted by Crippen LogP contribution is -2.29. The van der Waals surface area contributed by atoms with Crippen molar-refractivity contribution in [1.29, 1.82) is 0 Å². The van der Waals surface area contributed by atoms with Gasteiger partial charge in [-0.25, -0.2) is 9.97 Å². The molecule has 4 aromatic rings. The largest absolute Gasteiger partial charge is 0.491 e. The number of hydrogen-bond acceptors (Lipinski definition) is 7. The van der Waals surface area contributed by atoms with E-state index in [1.165, 1.54) is 0 Å². The molecule has 1 unspecified atom stereocenters. The first-order chi connectivity index (χ1) is 17.7. The average molecular weight is 485 g/mol. The maximum absolute atomic E-state index is 10.0. The molecule has 1 fully saturated rings. The Morgan fingerprint density at radius 3 is 2.78 bits per heavy atom. The van der Waals surface area contributed by atoms with Gasteiger partial charge in [0.25, 0.3) is 0 Å². The van der Waals surface area contributed by atoms with E-state index in [4.69, 9.17) is 19.4 Å². The number of benzene rings is 2. The molecule has 1 atom stereocenters. The van der Waals surface area contributed by atoms with E-state index < -0.39 is 6.10 Å². The smallest absolute Gasteiger partial charge is 0.160 e. The van der Waals surface area contributed by atoms with Crippen LogP contribution >= 0.6 is 0 Å². The molecule has 36 heavy (non-hydrogen) atoms. The van der Waals surface area contributed by atoms with Crippen LogP contribution in [0.3, 0.4) is 0 Å². The van der Waals surface area contributed by atoms with Gasteiger partial charge in [-0.1, -0.05) is 30.3 Å². The standard InChI is InChI=1S/C29H32N4O3/c1-30-18-23(34)19-36-24-6-2-5-21(16-24)29-32-22(15-20-10-13-35-14-11-20)17-28(33-29)26-7-3-9-27-25(26)8-4-12-31-27/h2-9,12,16-17,20,23,30,34H,10-11,13-15,18-19H2,1H3. The summed E-state index contributed by atoms with van der Waals surface area (Å²) in [6, 6.07) is 20.1. The third-order valence-electron chi connectivity index (χ3n) is 6.51. The fourth-order valence-electron chi connectivity index (χ4n) is 4.65. The van der Waals surface area contributed by atoms with Crippen molar-refractivity contribution in [3.63, 3.8) is 0 Å². The Morgan fingerprint density at radius 2 is 1.92 bits per heavy atom. The Kier molecular flexibility index (Phi) is 7.81. The fraction of sp³-hybridized carbons (Fsp3) is 0.345. The molecule has 2 aromatic heterocycles. The van der Waals surface area contributed by atoms with Crippen molar-refractivity contribution in [3.8, 4) is 28.4 Å². The maximum atomic E-state index is 10.0. The summed E-state index contributed by atoms with van der Waals surface area (Å²) in [6.45, 7) is 2.30. The quantitative estimate of drug-likeness (QED) is 0.366. The van der Waals surface area contributed by atoms with E-state index >= 15 is 0 Å². The highest BCUT2D eigenvalue weighted by atomic mass is 16.5. The fourth-order valence-corrected chi connectivity index (χ4v) is 4.65. The van der Waals surface area contributed by atoms with Gasteiger partial charge in [0.1, 0.15) is 18.5 Å². The van der Waals surface area contributed by atoms with Crippen LogP contribution in [-0.4, -0.2) is 59.6 Å². The number of aliphatic hydroxyl groups is 1. The Bertz CT molecular complexity index is 1300. The Balaban J connectivity index is 1.52. The molecule has 0 spiro atoms. The lowest BCUT2D eigenvalue weighted by molar-refractivity contribution is 0.0663. The molecule has 2 aromatic carbocycles. The number of fused-ring (bicyclic) bond motifs is 1. The van der Waals surface area contributed by atoms with E-state index in [1.54, 1.807) is 7.05 Å². The number of pyridine rings is 1. The molecule has 0 radical (unpaired) electrons. The van der Waals surface area contributed by atoms with Gasteiger partial charge in [-0.3, -0.25) is 4.98 Å². The van der Waals surface area contributed by atoms with Crippen LogP contribution in [0.2, 0.25) is 0 Å². The molecule has 2 N–H and O–H groups in total. The Hall–Kier alpha value is -3.39. The summed E-state index contributed by atoms with van der Waals surface area (Å²) in [6.07, 6.45) is 4.22. The molecule has 1 saturated heterocycles. The molecule has 7 nitrogen and oxygen atoms in total. The zero-order chi connectivity index (χ0) is 24.7. The highest BCUT2D eigenvalue weighted by Crippen LogP contribution is 2.31. The molecular formula is C29H32N4O3. The van der Waals surface area contributed by atoms with Crippen molar-refractivity contribution in [3.05, 3.63) is 72.6 Å². The van der Waals surface area contributed by atoms with Crippen LogP contribution in [0.25, 0.3) is 33.5 Å². The second-order valence-electron chi connectivity index (χ2n) is 9.25. The topological polar surface area (TPSA) is 89.4 Å². The molecule has 1 aliphatic heterocycles. The molecule has 186 valence electrons. The Morgan fingerprint density at radius 1 is 1.06 bits per heavy atom. The zero-order valence-corrected chi connectivity index (χ0v) is 20.6. The number of hydrogen-bond donors (Lipinski definition) is 2. The number of aliphatic hydroxyl groups excluding tert-OH is 1. The van der Waals surface area contributed by atoms with Gasteiger partial charge in [0.15, 0.2) is 5.82 Å². The normalized spacial score (nSPS) is 15.2. The van der Waals surface area contributed by atoms with E-state index in [2.05, 4.69) is 28.5 Å². The number of rotatable bonds is 9. The van der Waals surface area contributed by atoms with Crippen LogP contribution in [0.5, 0.6) is 5.75 Å². The summed E-state index contributed by atoms with van der Waals surface area (Å²) in [5, 5.41) is 14.0. The van der Waals surface area contributed by atoms with Crippen LogP contribution in [0.15, 0.2) is 66.9 Å². The third kappa shape index (κ3) is 5.87. The summed E-state index contributed by atoms with van der Waals surface area (Å²) in [4.78, 5) is 14.5. The summed E-state index contributed by atoms with van der Waals surface area (Å²) < 4.78 is 11.4. The lowest BCUT2D eigenvalue weighted by atomic mass is 9.94. The Labute approximate surface area is 211 Å². The first kappa shape index (κ1) is 24.3. The monoisotopic (exact) mass is 484 g/mol. The average Bonchev–Trinajstić information content (AvgIpc) is 2.92. The summed E-state index contributed by atoms with van der Waals surface area (Å²) in [7, 11) is 1.80. The second kappa shape index (κ2) is 11.6. The first-order valence-corrected chi connectivity index (χ1v) is 12.6. The van der Waals surface area contributed by atoms with Gasteiger partial charge in [-0.15, -0.1) is 0 Å². The highest BCUT2D eigenvalue weighted by molar-refractivity contribution is 5.93. The number of aromatic nitrogens is 3. The van der Waals surface area contributed by atoms with Gasteiger partial charge >= 0.3 is 0 Å². The van der Waals surface area contributed by atoms with Gasteiger partial charge in [0, 0.05) is 48.2 Å². The van der Waals surface area contributed by atoms with Crippen LogP contribution in [0.4, 0.5) is 0 Å². The minimum atomic E-state index is -0.579. The van der Waals surface area contributed by atoms with Crippen molar-refractivity contribution in [1.82, 2.24) is 20.3 Å². The minimum Gasteiger partial charge on any atom is -0.491 e. The van der Waals surface area contributed by atoms with Crippen molar-refractivity contribution in [2.24, 2.45) is 5.92 Å². The summed E-state index contributed by atoms with van der Waals surface area (Å²) in [5.41, 5.74) is 4.77. The van der Waals surface area contributed by atoms with Gasteiger partial charge in [0.05, 0.1) is 11.2 Å². The van der Waals surface area contributed by atoms with Crippen LogP contribution < -0.4 is 10.1 Å². The minimum absolute atomic E-state index is 0.212. The number of nitrogens with zero attached hydrogens (tertiary/aromatic N) is 3. The van der Waals surface area contributed by atoms with Crippen LogP contribution in [0.1, 0.15) is 18.5 Å². The van der Waals surface area contributed by atoms with Crippen molar-refractivity contribution < 1.29 is 14.6 Å². The number of nitrogens with one attached hydrogen (secondary N) is 1.